The van der Waals surface area contributed by atoms with Crippen LogP contribution in [-0.4, -0.2) is 25.9 Å². The molecular formula is C9H18FNO. The predicted octanol–water partition coefficient (Wildman–Crippen LogP) is 1.49. The summed E-state index contributed by atoms with van der Waals surface area (Å²) >= 11 is 0. The molecule has 72 valence electrons. The van der Waals surface area contributed by atoms with E-state index in [1.165, 1.54) is 0 Å². The molecule has 0 aromatic rings. The van der Waals surface area contributed by atoms with Gasteiger partial charge in [0.25, 0.3) is 0 Å². The monoisotopic (exact) mass is 175 g/mol. The lowest BCUT2D eigenvalue weighted by Gasteiger charge is -2.23. The maximum Gasteiger partial charge on any atom is 0.102 e. The van der Waals surface area contributed by atoms with Crippen molar-refractivity contribution in [3.63, 3.8) is 0 Å². The zero-order chi connectivity index (χ0) is 8.81. The maximum absolute atomic E-state index is 13.1. The zero-order valence-corrected chi connectivity index (χ0v) is 7.47. The predicted molar refractivity (Wildman–Crippen MR) is 46.7 cm³/mol. The lowest BCUT2D eigenvalue weighted by molar-refractivity contribution is 0.0551. The Balaban J connectivity index is 2.11. The van der Waals surface area contributed by atoms with Gasteiger partial charge in [0.15, 0.2) is 0 Å². The van der Waals surface area contributed by atoms with Crippen LogP contribution in [0.1, 0.15) is 25.7 Å². The Hall–Kier alpha value is -0.150. The van der Waals surface area contributed by atoms with Gasteiger partial charge in [-0.15, -0.1) is 0 Å². The van der Waals surface area contributed by atoms with E-state index >= 15 is 0 Å². The van der Waals surface area contributed by atoms with Gasteiger partial charge < -0.3 is 10.5 Å². The van der Waals surface area contributed by atoms with Crippen molar-refractivity contribution in [3.05, 3.63) is 0 Å². The molecule has 1 saturated heterocycles. The van der Waals surface area contributed by atoms with E-state index in [0.717, 1.165) is 26.1 Å². The summed E-state index contributed by atoms with van der Waals surface area (Å²) in [6.45, 7) is 2.07. The number of ether oxygens (including phenoxy) is 1. The highest BCUT2D eigenvalue weighted by molar-refractivity contribution is 4.68. The molecule has 1 fully saturated rings. The molecule has 1 rings (SSSR count). The van der Waals surface area contributed by atoms with Crippen molar-refractivity contribution in [1.82, 2.24) is 0 Å². The SMILES string of the molecule is NCCC(F)CC1CCOCC1. The Morgan fingerprint density at radius 2 is 2.08 bits per heavy atom. The van der Waals surface area contributed by atoms with Gasteiger partial charge >= 0.3 is 0 Å². The normalized spacial score (nSPS) is 22.5. The molecule has 0 spiro atoms. The van der Waals surface area contributed by atoms with E-state index < -0.39 is 6.17 Å². The maximum atomic E-state index is 13.1. The third-order valence-corrected chi connectivity index (χ3v) is 2.41. The fourth-order valence-electron chi connectivity index (χ4n) is 1.64. The molecule has 0 aromatic heterocycles. The Kier molecular flexibility index (Phi) is 4.54. The molecule has 1 unspecified atom stereocenters. The van der Waals surface area contributed by atoms with Crippen LogP contribution in [0.15, 0.2) is 0 Å². The summed E-state index contributed by atoms with van der Waals surface area (Å²) in [5.74, 6) is 0.528. The molecule has 1 heterocycles. The summed E-state index contributed by atoms with van der Waals surface area (Å²) in [6.07, 6.45) is 2.53. The van der Waals surface area contributed by atoms with Crippen LogP contribution in [0, 0.1) is 5.92 Å². The molecule has 0 bridgehead atoms. The molecule has 0 aromatic carbocycles. The molecule has 2 N–H and O–H groups in total. The summed E-state index contributed by atoms with van der Waals surface area (Å²) in [4.78, 5) is 0. The second kappa shape index (κ2) is 5.49. The molecule has 0 amide bonds. The summed E-state index contributed by atoms with van der Waals surface area (Å²) in [6, 6.07) is 0. The lowest BCUT2D eigenvalue weighted by atomic mass is 9.93. The molecule has 1 aliphatic rings. The minimum Gasteiger partial charge on any atom is -0.381 e. The topological polar surface area (TPSA) is 35.2 Å². The molecule has 0 saturated carbocycles. The number of hydrogen-bond donors (Lipinski definition) is 1. The smallest absolute Gasteiger partial charge is 0.102 e. The van der Waals surface area contributed by atoms with Crippen LogP contribution in [0.2, 0.25) is 0 Å². The Morgan fingerprint density at radius 3 is 2.67 bits per heavy atom. The van der Waals surface area contributed by atoms with Crippen LogP contribution >= 0.6 is 0 Å². The van der Waals surface area contributed by atoms with Crippen molar-refractivity contribution >= 4 is 0 Å². The fraction of sp³-hybridized carbons (Fsp3) is 1.00. The highest BCUT2D eigenvalue weighted by atomic mass is 19.1. The second-order valence-corrected chi connectivity index (χ2v) is 3.47. The third kappa shape index (κ3) is 3.50. The number of alkyl halides is 1. The average Bonchev–Trinajstić information content (AvgIpc) is 2.06. The number of halogens is 1. The summed E-state index contributed by atoms with van der Waals surface area (Å²) in [5.41, 5.74) is 5.27. The minimum atomic E-state index is -0.696. The first-order valence-electron chi connectivity index (χ1n) is 4.75. The second-order valence-electron chi connectivity index (χ2n) is 3.47. The molecule has 0 aliphatic carbocycles. The molecule has 1 aliphatic heterocycles. The van der Waals surface area contributed by atoms with Crippen molar-refractivity contribution in [2.24, 2.45) is 11.7 Å². The van der Waals surface area contributed by atoms with Crippen LogP contribution in [0.4, 0.5) is 4.39 Å². The molecule has 1 atom stereocenters. The van der Waals surface area contributed by atoms with Gasteiger partial charge in [0.1, 0.15) is 6.17 Å². The van der Waals surface area contributed by atoms with Gasteiger partial charge in [0.05, 0.1) is 0 Å². The van der Waals surface area contributed by atoms with E-state index in [-0.39, 0.29) is 0 Å². The van der Waals surface area contributed by atoms with E-state index in [2.05, 4.69) is 0 Å². The fourth-order valence-corrected chi connectivity index (χ4v) is 1.64. The average molecular weight is 175 g/mol. The Morgan fingerprint density at radius 1 is 1.42 bits per heavy atom. The van der Waals surface area contributed by atoms with E-state index in [9.17, 15) is 4.39 Å². The van der Waals surface area contributed by atoms with Crippen molar-refractivity contribution in [3.8, 4) is 0 Å². The zero-order valence-electron chi connectivity index (χ0n) is 7.47. The van der Waals surface area contributed by atoms with Crippen LogP contribution in [0.25, 0.3) is 0 Å². The van der Waals surface area contributed by atoms with E-state index in [0.29, 0.717) is 25.3 Å². The number of rotatable bonds is 4. The Labute approximate surface area is 73.3 Å². The number of hydrogen-bond acceptors (Lipinski definition) is 2. The molecule has 2 nitrogen and oxygen atoms in total. The van der Waals surface area contributed by atoms with Crippen molar-refractivity contribution in [2.75, 3.05) is 19.8 Å². The van der Waals surface area contributed by atoms with Gasteiger partial charge in [-0.25, -0.2) is 4.39 Å². The first-order valence-corrected chi connectivity index (χ1v) is 4.75. The summed E-state index contributed by atoms with van der Waals surface area (Å²) in [7, 11) is 0. The molecule has 12 heavy (non-hydrogen) atoms. The van der Waals surface area contributed by atoms with Crippen molar-refractivity contribution in [1.29, 1.82) is 0 Å². The highest BCUT2D eigenvalue weighted by Crippen LogP contribution is 2.22. The third-order valence-electron chi connectivity index (χ3n) is 2.41. The van der Waals surface area contributed by atoms with Crippen LogP contribution < -0.4 is 5.73 Å². The van der Waals surface area contributed by atoms with Gasteiger partial charge in [-0.05, 0) is 38.1 Å². The van der Waals surface area contributed by atoms with E-state index in [1.807, 2.05) is 0 Å². The van der Waals surface area contributed by atoms with Gasteiger partial charge in [-0.2, -0.15) is 0 Å². The van der Waals surface area contributed by atoms with Crippen molar-refractivity contribution < 1.29 is 9.13 Å². The molecular weight excluding hydrogens is 157 g/mol. The van der Waals surface area contributed by atoms with Crippen molar-refractivity contribution in [2.45, 2.75) is 31.9 Å². The van der Waals surface area contributed by atoms with Gasteiger partial charge in [-0.3, -0.25) is 0 Å². The Bertz CT molecular complexity index is 115. The molecule has 3 heteroatoms. The van der Waals surface area contributed by atoms with Gasteiger partial charge in [0, 0.05) is 13.2 Å². The summed E-state index contributed by atoms with van der Waals surface area (Å²) in [5, 5.41) is 0. The number of nitrogens with two attached hydrogens (primary N) is 1. The quantitative estimate of drug-likeness (QED) is 0.702. The van der Waals surface area contributed by atoms with Crippen LogP contribution in [-0.2, 0) is 4.74 Å². The highest BCUT2D eigenvalue weighted by Gasteiger charge is 2.18. The molecule has 0 radical (unpaired) electrons. The standard InChI is InChI=1S/C9H18FNO/c10-9(1-4-11)7-8-2-5-12-6-3-8/h8-9H,1-7,11H2. The first-order chi connectivity index (χ1) is 5.83. The largest absolute Gasteiger partial charge is 0.381 e. The van der Waals surface area contributed by atoms with E-state index in [4.69, 9.17) is 10.5 Å². The van der Waals surface area contributed by atoms with E-state index in [1.54, 1.807) is 0 Å². The lowest BCUT2D eigenvalue weighted by Crippen LogP contribution is -2.20. The van der Waals surface area contributed by atoms with Gasteiger partial charge in [-0.1, -0.05) is 0 Å². The van der Waals surface area contributed by atoms with Crippen LogP contribution in [0.3, 0.4) is 0 Å². The minimum absolute atomic E-state index is 0.463. The van der Waals surface area contributed by atoms with Crippen LogP contribution in [0.5, 0.6) is 0 Å². The first kappa shape index (κ1) is 9.93. The van der Waals surface area contributed by atoms with Gasteiger partial charge in [0.2, 0.25) is 0 Å². The summed E-state index contributed by atoms with van der Waals surface area (Å²) < 4.78 is 18.3.